The molecule has 1 aromatic carbocycles. The van der Waals surface area contributed by atoms with Gasteiger partial charge in [0.1, 0.15) is 0 Å². The first-order valence-electron chi connectivity index (χ1n) is 4.78. The molecule has 17 heavy (non-hydrogen) atoms. The van der Waals surface area contributed by atoms with Crippen LogP contribution in [0.25, 0.3) is 0 Å². The number of nitrogens with zero attached hydrogens (tertiary/aromatic N) is 3. The number of urea groups is 1. The molecule has 88 valence electrons. The SMILES string of the molecule is CN(C#N)C(=O)N(Cc1ccccc1)C(=O)O. The molecule has 0 aromatic heterocycles. The number of carboxylic acid groups (broad SMARTS) is 1. The second kappa shape index (κ2) is 5.51. The third-order valence-electron chi connectivity index (χ3n) is 2.08. The van der Waals surface area contributed by atoms with Gasteiger partial charge in [0.2, 0.25) is 0 Å². The van der Waals surface area contributed by atoms with E-state index in [0.717, 1.165) is 0 Å². The molecule has 0 heterocycles. The molecule has 1 N–H and O–H groups in total. The van der Waals surface area contributed by atoms with Crippen molar-refractivity contribution in [2.75, 3.05) is 7.05 Å². The molecular weight excluding hydrogens is 222 g/mol. The Labute approximate surface area is 98.3 Å². The number of rotatable bonds is 2. The van der Waals surface area contributed by atoms with Crippen LogP contribution in [-0.2, 0) is 6.54 Å². The molecule has 1 rings (SSSR count). The fraction of sp³-hybridized carbons (Fsp3) is 0.182. The molecule has 1 aromatic rings. The summed E-state index contributed by atoms with van der Waals surface area (Å²) in [6.07, 6.45) is 0.177. The van der Waals surface area contributed by atoms with Gasteiger partial charge in [-0.1, -0.05) is 30.3 Å². The van der Waals surface area contributed by atoms with Crippen molar-refractivity contribution in [3.05, 3.63) is 35.9 Å². The molecule has 0 bridgehead atoms. The smallest absolute Gasteiger partial charge is 0.415 e. The van der Waals surface area contributed by atoms with Gasteiger partial charge in [-0.2, -0.15) is 5.26 Å². The standard InChI is InChI=1S/C11H11N3O3/c1-13(8-12)10(15)14(11(16)17)7-9-5-3-2-4-6-9/h2-6H,7H2,1H3,(H,16,17). The highest BCUT2D eigenvalue weighted by Gasteiger charge is 2.24. The van der Waals surface area contributed by atoms with Gasteiger partial charge in [0.25, 0.3) is 0 Å². The van der Waals surface area contributed by atoms with E-state index in [1.807, 2.05) is 0 Å². The second-order valence-electron chi connectivity index (χ2n) is 3.30. The Balaban J connectivity index is 2.86. The van der Waals surface area contributed by atoms with Gasteiger partial charge in [-0.25, -0.2) is 19.4 Å². The lowest BCUT2D eigenvalue weighted by atomic mass is 10.2. The van der Waals surface area contributed by atoms with Crippen molar-refractivity contribution in [3.63, 3.8) is 0 Å². The number of hydrogen-bond acceptors (Lipinski definition) is 3. The van der Waals surface area contributed by atoms with Crippen LogP contribution >= 0.6 is 0 Å². The molecule has 0 spiro atoms. The largest absolute Gasteiger partial charge is 0.465 e. The van der Waals surface area contributed by atoms with Crippen LogP contribution in [0.2, 0.25) is 0 Å². The van der Waals surface area contributed by atoms with Crippen LogP contribution in [0, 0.1) is 11.5 Å². The number of amides is 3. The number of benzene rings is 1. The summed E-state index contributed by atoms with van der Waals surface area (Å²) in [6.45, 7) is -0.0823. The van der Waals surface area contributed by atoms with Gasteiger partial charge in [0.05, 0.1) is 6.54 Å². The molecule has 6 nitrogen and oxygen atoms in total. The van der Waals surface area contributed by atoms with Gasteiger partial charge >= 0.3 is 12.1 Å². The first-order chi connectivity index (χ1) is 8.06. The summed E-state index contributed by atoms with van der Waals surface area (Å²) in [7, 11) is 1.21. The average Bonchev–Trinajstić information content (AvgIpc) is 2.35. The predicted molar refractivity (Wildman–Crippen MR) is 58.8 cm³/mol. The quantitative estimate of drug-likeness (QED) is 0.622. The van der Waals surface area contributed by atoms with Crippen molar-refractivity contribution >= 4 is 12.1 Å². The summed E-state index contributed by atoms with van der Waals surface area (Å²) in [4.78, 5) is 23.7. The van der Waals surface area contributed by atoms with Crippen LogP contribution in [0.15, 0.2) is 30.3 Å². The molecule has 6 heteroatoms. The van der Waals surface area contributed by atoms with Crippen molar-refractivity contribution in [2.45, 2.75) is 6.54 Å². The Morgan fingerprint density at radius 1 is 1.35 bits per heavy atom. The molecule has 0 radical (unpaired) electrons. The first kappa shape index (κ1) is 12.5. The summed E-state index contributed by atoms with van der Waals surface area (Å²) in [6, 6.07) is 7.81. The van der Waals surface area contributed by atoms with E-state index in [9.17, 15) is 9.59 Å². The number of hydrogen-bond donors (Lipinski definition) is 1. The zero-order valence-electron chi connectivity index (χ0n) is 9.20. The van der Waals surface area contributed by atoms with Crippen LogP contribution < -0.4 is 0 Å². The molecule has 0 saturated carbocycles. The maximum absolute atomic E-state index is 11.6. The van der Waals surface area contributed by atoms with Gasteiger partial charge in [0.15, 0.2) is 6.19 Å². The topological polar surface area (TPSA) is 84.6 Å². The summed E-state index contributed by atoms with van der Waals surface area (Å²) in [5, 5.41) is 17.5. The van der Waals surface area contributed by atoms with Gasteiger partial charge in [-0.05, 0) is 5.56 Å². The number of carbonyl (C=O) groups excluding carboxylic acids is 1. The van der Waals surface area contributed by atoms with Crippen LogP contribution in [0.1, 0.15) is 5.56 Å². The summed E-state index contributed by atoms with van der Waals surface area (Å²) in [5.41, 5.74) is 0.676. The molecular formula is C11H11N3O3. The lowest BCUT2D eigenvalue weighted by molar-refractivity contribution is 0.137. The fourth-order valence-corrected chi connectivity index (χ4v) is 1.21. The Hall–Kier alpha value is -2.55. The molecule has 0 atom stereocenters. The van der Waals surface area contributed by atoms with Crippen molar-refractivity contribution in [3.8, 4) is 6.19 Å². The summed E-state index contributed by atoms with van der Waals surface area (Å²) in [5.74, 6) is 0. The Morgan fingerprint density at radius 2 is 1.94 bits per heavy atom. The van der Waals surface area contributed by atoms with Gasteiger partial charge in [-0.3, -0.25) is 0 Å². The normalized spacial score (nSPS) is 9.18. The van der Waals surface area contributed by atoms with E-state index in [2.05, 4.69) is 0 Å². The van der Waals surface area contributed by atoms with Crippen LogP contribution in [0.4, 0.5) is 9.59 Å². The zero-order valence-corrected chi connectivity index (χ0v) is 9.20. The summed E-state index contributed by atoms with van der Waals surface area (Å²) < 4.78 is 0. The maximum atomic E-state index is 11.6. The van der Waals surface area contributed by atoms with E-state index < -0.39 is 12.1 Å². The van der Waals surface area contributed by atoms with Crippen molar-refractivity contribution in [1.82, 2.24) is 9.80 Å². The monoisotopic (exact) mass is 233 g/mol. The average molecular weight is 233 g/mol. The van der Waals surface area contributed by atoms with Gasteiger partial charge in [-0.15, -0.1) is 0 Å². The molecule has 3 amide bonds. The highest BCUT2D eigenvalue weighted by Crippen LogP contribution is 2.07. The molecule has 0 fully saturated rings. The second-order valence-corrected chi connectivity index (χ2v) is 3.30. The predicted octanol–water partition coefficient (Wildman–Crippen LogP) is 1.70. The molecule has 0 aliphatic heterocycles. The summed E-state index contributed by atoms with van der Waals surface area (Å²) >= 11 is 0. The van der Waals surface area contributed by atoms with E-state index in [1.165, 1.54) is 7.05 Å². The minimum atomic E-state index is -1.39. The highest BCUT2D eigenvalue weighted by atomic mass is 16.4. The minimum Gasteiger partial charge on any atom is -0.465 e. The Morgan fingerprint density at radius 3 is 2.41 bits per heavy atom. The Bertz CT molecular complexity index is 453. The zero-order chi connectivity index (χ0) is 12.8. The Kier molecular flexibility index (Phi) is 4.06. The molecule has 0 aliphatic carbocycles. The minimum absolute atomic E-state index is 0.0823. The van der Waals surface area contributed by atoms with Crippen LogP contribution in [-0.4, -0.2) is 34.1 Å². The van der Waals surface area contributed by atoms with Crippen molar-refractivity contribution in [1.29, 1.82) is 5.26 Å². The number of carbonyl (C=O) groups is 2. The van der Waals surface area contributed by atoms with Gasteiger partial charge in [0, 0.05) is 7.05 Å². The van der Waals surface area contributed by atoms with Crippen LogP contribution in [0.3, 0.4) is 0 Å². The maximum Gasteiger partial charge on any atom is 0.415 e. The molecule has 0 unspecified atom stereocenters. The molecule has 0 saturated heterocycles. The third kappa shape index (κ3) is 3.21. The highest BCUT2D eigenvalue weighted by molar-refractivity contribution is 5.90. The van der Waals surface area contributed by atoms with E-state index >= 15 is 0 Å². The fourth-order valence-electron chi connectivity index (χ4n) is 1.21. The lowest BCUT2D eigenvalue weighted by Crippen LogP contribution is -2.41. The van der Waals surface area contributed by atoms with Crippen molar-refractivity contribution in [2.24, 2.45) is 0 Å². The molecule has 0 aliphatic rings. The van der Waals surface area contributed by atoms with E-state index in [1.54, 1.807) is 36.5 Å². The van der Waals surface area contributed by atoms with Crippen LogP contribution in [0.5, 0.6) is 0 Å². The van der Waals surface area contributed by atoms with E-state index in [-0.39, 0.29) is 6.54 Å². The number of nitriles is 1. The lowest BCUT2D eigenvalue weighted by Gasteiger charge is -2.19. The third-order valence-corrected chi connectivity index (χ3v) is 2.08. The van der Waals surface area contributed by atoms with E-state index in [4.69, 9.17) is 10.4 Å². The first-order valence-corrected chi connectivity index (χ1v) is 4.78. The number of imide groups is 1. The van der Waals surface area contributed by atoms with E-state index in [0.29, 0.717) is 15.4 Å². The van der Waals surface area contributed by atoms with Gasteiger partial charge < -0.3 is 5.11 Å². The van der Waals surface area contributed by atoms with Crippen molar-refractivity contribution < 1.29 is 14.7 Å².